The van der Waals surface area contributed by atoms with E-state index in [4.69, 9.17) is 18.9 Å². The Morgan fingerprint density at radius 3 is 2.38 bits per heavy atom. The SMILES string of the molecule is COC1OC2CN=C(c3ccccc3)OC2C(OC)C1NC(=O)c1ccccc1. The monoisotopic (exact) mass is 396 g/mol. The van der Waals surface area contributed by atoms with E-state index in [1.165, 1.54) is 0 Å². The van der Waals surface area contributed by atoms with E-state index in [0.29, 0.717) is 18.0 Å². The van der Waals surface area contributed by atoms with Gasteiger partial charge in [0.2, 0.25) is 5.90 Å². The number of ether oxygens (including phenoxy) is 4. The fraction of sp³-hybridized carbons (Fsp3) is 0.364. The van der Waals surface area contributed by atoms with Gasteiger partial charge in [-0.2, -0.15) is 0 Å². The van der Waals surface area contributed by atoms with Crippen molar-refractivity contribution in [3.8, 4) is 0 Å². The van der Waals surface area contributed by atoms with Gasteiger partial charge in [0.25, 0.3) is 5.91 Å². The van der Waals surface area contributed by atoms with Crippen LogP contribution in [0.1, 0.15) is 15.9 Å². The van der Waals surface area contributed by atoms with Crippen molar-refractivity contribution >= 4 is 11.8 Å². The Bertz CT molecular complexity index is 858. The minimum Gasteiger partial charge on any atom is -0.468 e. The lowest BCUT2D eigenvalue weighted by Crippen LogP contribution is -2.66. The van der Waals surface area contributed by atoms with Crippen LogP contribution in [-0.4, -0.2) is 63.2 Å². The minimum absolute atomic E-state index is 0.227. The second-order valence-electron chi connectivity index (χ2n) is 6.94. The highest BCUT2D eigenvalue weighted by atomic mass is 16.7. The van der Waals surface area contributed by atoms with Crippen molar-refractivity contribution in [3.63, 3.8) is 0 Å². The number of carbonyl (C=O) groups excluding carboxylic acids is 1. The number of hydrogen-bond acceptors (Lipinski definition) is 6. The van der Waals surface area contributed by atoms with Crippen LogP contribution in [-0.2, 0) is 18.9 Å². The van der Waals surface area contributed by atoms with Crippen molar-refractivity contribution in [2.45, 2.75) is 30.6 Å². The van der Waals surface area contributed by atoms with Gasteiger partial charge in [0, 0.05) is 25.3 Å². The zero-order chi connectivity index (χ0) is 20.2. The number of rotatable bonds is 5. The van der Waals surface area contributed by atoms with Crippen LogP contribution < -0.4 is 5.32 Å². The summed E-state index contributed by atoms with van der Waals surface area (Å²) in [5, 5.41) is 2.99. The summed E-state index contributed by atoms with van der Waals surface area (Å²) < 4.78 is 23.5. The highest BCUT2D eigenvalue weighted by molar-refractivity contribution is 5.95. The molecule has 5 atom stereocenters. The lowest BCUT2D eigenvalue weighted by atomic mass is 9.94. The molecule has 7 heteroatoms. The molecule has 0 radical (unpaired) electrons. The van der Waals surface area contributed by atoms with Crippen molar-refractivity contribution in [3.05, 3.63) is 71.8 Å². The number of aliphatic imine (C=N–C) groups is 1. The van der Waals surface area contributed by atoms with Crippen LogP contribution in [0.2, 0.25) is 0 Å². The Labute approximate surface area is 169 Å². The van der Waals surface area contributed by atoms with Crippen LogP contribution in [0, 0.1) is 0 Å². The fourth-order valence-corrected chi connectivity index (χ4v) is 3.73. The molecule has 1 N–H and O–H groups in total. The molecule has 2 aliphatic rings. The maximum Gasteiger partial charge on any atom is 0.251 e. The summed E-state index contributed by atoms with van der Waals surface area (Å²) >= 11 is 0. The number of nitrogens with one attached hydrogen (secondary N) is 1. The largest absolute Gasteiger partial charge is 0.468 e. The van der Waals surface area contributed by atoms with Crippen LogP contribution in [0.3, 0.4) is 0 Å². The standard InChI is InChI=1S/C22H24N2O5/c1-26-19-17(24-20(25)14-9-5-3-6-10-14)22(27-2)28-16-13-23-21(29-18(16)19)15-11-7-4-8-12-15/h3-12,16-19,22H,13H2,1-2H3,(H,24,25). The van der Waals surface area contributed by atoms with Crippen molar-refractivity contribution in [2.24, 2.45) is 4.99 Å². The zero-order valence-corrected chi connectivity index (χ0v) is 16.4. The molecule has 29 heavy (non-hydrogen) atoms. The fourth-order valence-electron chi connectivity index (χ4n) is 3.73. The van der Waals surface area contributed by atoms with E-state index >= 15 is 0 Å². The van der Waals surface area contributed by atoms with Gasteiger partial charge in [0.15, 0.2) is 12.4 Å². The number of nitrogens with zero attached hydrogens (tertiary/aromatic N) is 1. The minimum atomic E-state index is -0.675. The van der Waals surface area contributed by atoms with Crippen molar-refractivity contribution < 1.29 is 23.7 Å². The van der Waals surface area contributed by atoms with Crippen LogP contribution in [0.4, 0.5) is 0 Å². The summed E-state index contributed by atoms with van der Waals surface area (Å²) in [5.74, 6) is 0.316. The summed E-state index contributed by atoms with van der Waals surface area (Å²) in [4.78, 5) is 17.3. The predicted molar refractivity (Wildman–Crippen MR) is 107 cm³/mol. The first-order valence-electron chi connectivity index (χ1n) is 9.54. The average Bonchev–Trinajstić information content (AvgIpc) is 2.79. The van der Waals surface area contributed by atoms with Crippen molar-refractivity contribution in [1.29, 1.82) is 0 Å². The Morgan fingerprint density at radius 2 is 1.72 bits per heavy atom. The first kappa shape index (κ1) is 19.6. The summed E-state index contributed by atoms with van der Waals surface area (Å²) in [6, 6.07) is 18.1. The van der Waals surface area contributed by atoms with Crippen LogP contribution in [0.15, 0.2) is 65.7 Å². The lowest BCUT2D eigenvalue weighted by Gasteiger charge is -2.46. The number of hydrogen-bond donors (Lipinski definition) is 1. The van der Waals surface area contributed by atoms with Crippen molar-refractivity contribution in [2.75, 3.05) is 20.8 Å². The van der Waals surface area contributed by atoms with E-state index in [0.717, 1.165) is 5.56 Å². The molecule has 1 amide bonds. The van der Waals surface area contributed by atoms with E-state index in [-0.39, 0.29) is 12.0 Å². The van der Waals surface area contributed by atoms with E-state index in [1.54, 1.807) is 26.4 Å². The Balaban J connectivity index is 1.57. The average molecular weight is 396 g/mol. The quantitative estimate of drug-likeness (QED) is 0.837. The third-order valence-electron chi connectivity index (χ3n) is 5.17. The van der Waals surface area contributed by atoms with Gasteiger partial charge in [-0.1, -0.05) is 36.4 Å². The maximum absolute atomic E-state index is 12.7. The molecule has 0 spiro atoms. The molecule has 1 saturated heterocycles. The summed E-state index contributed by atoms with van der Waals surface area (Å²) in [5.41, 5.74) is 1.44. The molecule has 0 saturated carbocycles. The second kappa shape index (κ2) is 8.73. The Kier molecular flexibility index (Phi) is 5.89. The highest BCUT2D eigenvalue weighted by Crippen LogP contribution is 2.30. The molecule has 5 unspecified atom stereocenters. The van der Waals surface area contributed by atoms with Crippen LogP contribution >= 0.6 is 0 Å². The lowest BCUT2D eigenvalue weighted by molar-refractivity contribution is -0.256. The van der Waals surface area contributed by atoms with Gasteiger partial charge < -0.3 is 24.3 Å². The highest BCUT2D eigenvalue weighted by Gasteiger charge is 2.50. The smallest absolute Gasteiger partial charge is 0.251 e. The van der Waals surface area contributed by atoms with Crippen molar-refractivity contribution in [1.82, 2.24) is 5.32 Å². The molecule has 2 aromatic rings. The molecule has 152 valence electrons. The molecular formula is C22H24N2O5. The van der Waals surface area contributed by atoms with Crippen LogP contribution in [0.5, 0.6) is 0 Å². The van der Waals surface area contributed by atoms with E-state index < -0.39 is 24.5 Å². The molecule has 0 bridgehead atoms. The molecule has 4 rings (SSSR count). The van der Waals surface area contributed by atoms with Gasteiger partial charge in [-0.15, -0.1) is 0 Å². The molecule has 2 aliphatic heterocycles. The zero-order valence-electron chi connectivity index (χ0n) is 16.4. The normalized spacial score (nSPS) is 28.6. The van der Waals surface area contributed by atoms with Gasteiger partial charge in [-0.25, -0.2) is 4.99 Å². The molecule has 7 nitrogen and oxygen atoms in total. The number of amides is 1. The molecule has 0 aliphatic carbocycles. The molecule has 2 aromatic carbocycles. The van der Waals surface area contributed by atoms with Gasteiger partial charge >= 0.3 is 0 Å². The van der Waals surface area contributed by atoms with Crippen LogP contribution in [0.25, 0.3) is 0 Å². The summed E-state index contributed by atoms with van der Waals surface area (Å²) in [7, 11) is 3.14. The molecule has 2 heterocycles. The molecule has 0 aromatic heterocycles. The number of carbonyl (C=O) groups is 1. The first-order chi connectivity index (χ1) is 14.2. The Morgan fingerprint density at radius 1 is 1.03 bits per heavy atom. The van der Waals surface area contributed by atoms with E-state index in [1.807, 2.05) is 48.5 Å². The number of benzene rings is 2. The summed E-state index contributed by atoms with van der Waals surface area (Å²) in [6.45, 7) is 0.425. The van der Waals surface area contributed by atoms with E-state index in [9.17, 15) is 4.79 Å². The van der Waals surface area contributed by atoms with E-state index in [2.05, 4.69) is 10.3 Å². The molecular weight excluding hydrogens is 372 g/mol. The van der Waals surface area contributed by atoms with Gasteiger partial charge in [0.1, 0.15) is 18.2 Å². The third kappa shape index (κ3) is 4.03. The van der Waals surface area contributed by atoms with Gasteiger partial charge in [-0.3, -0.25) is 4.79 Å². The number of methoxy groups -OCH3 is 2. The van der Waals surface area contributed by atoms with Gasteiger partial charge in [0.05, 0.1) is 6.54 Å². The number of fused-ring (bicyclic) bond motifs is 1. The second-order valence-corrected chi connectivity index (χ2v) is 6.94. The summed E-state index contributed by atoms with van der Waals surface area (Å²) in [6.07, 6.45) is -1.91. The molecule has 1 fully saturated rings. The Hall–Kier alpha value is -2.74. The van der Waals surface area contributed by atoms with Gasteiger partial charge in [-0.05, 0) is 24.3 Å². The first-order valence-corrected chi connectivity index (χ1v) is 9.54. The third-order valence-corrected chi connectivity index (χ3v) is 5.17. The topological polar surface area (TPSA) is 78.4 Å². The maximum atomic E-state index is 12.7. The predicted octanol–water partition coefficient (Wildman–Crippen LogP) is 2.02.